The Morgan fingerprint density at radius 3 is 1.88 bits per heavy atom. The molecule has 0 bridgehead atoms. The summed E-state index contributed by atoms with van der Waals surface area (Å²) in [6.07, 6.45) is 2.17. The number of nitrogens with zero attached hydrogens (tertiary/aromatic N) is 1. The first kappa shape index (κ1) is 66.2. The van der Waals surface area contributed by atoms with Gasteiger partial charge in [-0.2, -0.15) is 8.42 Å². The minimum Gasteiger partial charge on any atom is -0.459 e. The van der Waals surface area contributed by atoms with Crippen molar-refractivity contribution in [1.82, 2.24) is 4.90 Å². The number of rotatable bonds is 21. The Hall–Kier alpha value is -1.92. The fourth-order valence-electron chi connectivity index (χ4n) is 10.5. The minimum absolute atomic E-state index is 0.0760. The molecule has 3 saturated heterocycles. The number of hydrogen-bond acceptors (Lipinski definition) is 18. The van der Waals surface area contributed by atoms with Gasteiger partial charge in [0.1, 0.15) is 23.6 Å². The molecule has 5 N–H and O–H groups in total. The van der Waals surface area contributed by atoms with E-state index < -0.39 is 124 Å². The second kappa shape index (κ2) is 30.1. The smallest absolute Gasteiger partial charge is 0.397 e. The number of Topliss-reactive ketones (excluding diaryl/α,β-unsaturated/α-hetero) is 1. The highest BCUT2D eigenvalue weighted by atomic mass is 32.3. The number of aliphatic hydroxyl groups excluding tert-OH is 2. The number of carbonyl (C=O) groups is 3. The van der Waals surface area contributed by atoms with E-state index in [9.17, 15) is 43.2 Å². The number of esters is 2. The van der Waals surface area contributed by atoms with Gasteiger partial charge in [0, 0.05) is 37.7 Å². The second-order valence-corrected chi connectivity index (χ2v) is 22.8. The number of ether oxygens (including phenoxy) is 7. The summed E-state index contributed by atoms with van der Waals surface area (Å²) >= 11 is 0. The Morgan fingerprint density at radius 2 is 1.36 bits per heavy atom. The van der Waals surface area contributed by atoms with Crippen LogP contribution in [0.3, 0.4) is 0 Å². The molecular weight excluding hydrogens is 959 g/mol. The average Bonchev–Trinajstić information content (AvgIpc) is 3.30. The first-order valence-corrected chi connectivity index (χ1v) is 28.0. The molecule has 0 amide bonds. The summed E-state index contributed by atoms with van der Waals surface area (Å²) in [5.41, 5.74) is -4.92. The number of ketones is 1. The van der Waals surface area contributed by atoms with E-state index in [-0.39, 0.29) is 44.4 Å². The van der Waals surface area contributed by atoms with E-state index in [2.05, 4.69) is 11.1 Å². The lowest BCUT2D eigenvalue weighted by Crippen LogP contribution is -2.61. The van der Waals surface area contributed by atoms with Gasteiger partial charge in [0.15, 0.2) is 18.7 Å². The summed E-state index contributed by atoms with van der Waals surface area (Å²) in [7, 11) is 0.973. The van der Waals surface area contributed by atoms with Crippen molar-refractivity contribution < 1.29 is 85.1 Å². The van der Waals surface area contributed by atoms with E-state index in [1.807, 2.05) is 25.9 Å². The van der Waals surface area contributed by atoms with Gasteiger partial charge in [-0.3, -0.25) is 18.9 Å². The van der Waals surface area contributed by atoms with Crippen molar-refractivity contribution in [3.05, 3.63) is 0 Å². The van der Waals surface area contributed by atoms with Crippen LogP contribution in [0.25, 0.3) is 0 Å². The molecule has 3 aliphatic rings. The SMILES string of the molecule is CCC(=O)OC1C(OC2[C@@H](C)[C@H](OC3CC(C)(OC)C(O)C(C)O3)[C@@H](C)C(=O)O[C@H](CC)[C@@](C)(O)[C@H](O)[C@@H](C)C(=O)[C@H](C)C[C@@]2(C)O)OC(C)CC1N(C)C.CCCCCCCCCCCCOS(=O)(=O)O. The number of unbranched alkanes of at least 4 members (excludes halogenated alkanes) is 9. The maximum atomic E-state index is 14.2. The third-order valence-electron chi connectivity index (χ3n) is 15.1. The molecule has 19 nitrogen and oxygen atoms in total. The number of hydrogen-bond donors (Lipinski definition) is 5. The molecule has 72 heavy (non-hydrogen) atoms. The van der Waals surface area contributed by atoms with Gasteiger partial charge in [-0.25, -0.2) is 4.18 Å². The van der Waals surface area contributed by atoms with Crippen LogP contribution in [0.4, 0.5) is 0 Å². The highest BCUT2D eigenvalue weighted by Crippen LogP contribution is 2.41. The predicted molar refractivity (Wildman–Crippen MR) is 270 cm³/mol. The Morgan fingerprint density at radius 1 is 0.792 bits per heavy atom. The number of aliphatic hydroxyl groups is 4. The van der Waals surface area contributed by atoms with E-state index in [0.717, 1.165) is 12.8 Å². The van der Waals surface area contributed by atoms with Crippen LogP contribution < -0.4 is 0 Å². The van der Waals surface area contributed by atoms with Crippen LogP contribution >= 0.6 is 0 Å². The Labute approximate surface area is 432 Å². The van der Waals surface area contributed by atoms with Crippen LogP contribution in [0.5, 0.6) is 0 Å². The van der Waals surface area contributed by atoms with Gasteiger partial charge in [0.2, 0.25) is 0 Å². The van der Waals surface area contributed by atoms with Crippen LogP contribution in [-0.2, 0) is 62.1 Å². The Bertz CT molecular complexity index is 1730. The molecule has 9 unspecified atom stereocenters. The summed E-state index contributed by atoms with van der Waals surface area (Å²) in [6.45, 7) is 20.3. The zero-order chi connectivity index (χ0) is 54.9. The predicted octanol–water partition coefficient (Wildman–Crippen LogP) is 6.47. The standard InChI is InChI=1S/C40H71NO14.C12H26O4S/c1-15-27-40(11,48)33(44)22(5)30(43)20(3)18-38(9,47)35(55-37-32(53-28(42)16-2)26(41(12)13)17-21(4)50-37)23(6)31(24(7)36(46)52-27)54-29-19-39(10,49-14)34(45)25(8)51-29;1-2-3-4-5-6-7-8-9-10-11-12-16-17(13,14)15/h20-27,29,31-35,37,44-45,47-48H,15-19H2,1-14H3;2-12H2,1H3,(H,13,14,15)/t20-,21?,22+,23+,24-,25?,26?,27-,29?,31+,32?,33-,34?,35?,37?,38-,39?,40-;/m1./s1. The first-order valence-electron chi connectivity index (χ1n) is 26.6. The van der Waals surface area contributed by atoms with E-state index in [4.69, 9.17) is 37.7 Å². The van der Waals surface area contributed by atoms with Gasteiger partial charge in [0.05, 0.1) is 60.3 Å². The molecule has 3 heterocycles. The van der Waals surface area contributed by atoms with Crippen LogP contribution in [0.1, 0.15) is 179 Å². The topological polar surface area (TPSA) is 264 Å². The summed E-state index contributed by atoms with van der Waals surface area (Å²) in [4.78, 5) is 42.9. The monoisotopic (exact) mass is 1060 g/mol. The summed E-state index contributed by atoms with van der Waals surface area (Å²) in [6, 6.07) is -0.319. The van der Waals surface area contributed by atoms with Gasteiger partial charge in [-0.15, -0.1) is 0 Å². The van der Waals surface area contributed by atoms with Crippen molar-refractivity contribution in [2.24, 2.45) is 23.7 Å². The lowest BCUT2D eigenvalue weighted by molar-refractivity contribution is -0.319. The molecule has 0 saturated carbocycles. The maximum absolute atomic E-state index is 14.2. The van der Waals surface area contributed by atoms with E-state index >= 15 is 0 Å². The summed E-state index contributed by atoms with van der Waals surface area (Å²) < 4.78 is 76.6. The molecule has 3 aliphatic heterocycles. The van der Waals surface area contributed by atoms with Crippen molar-refractivity contribution in [3.8, 4) is 0 Å². The van der Waals surface area contributed by atoms with Gasteiger partial charge in [-0.1, -0.05) is 99.3 Å². The fraction of sp³-hybridized carbons (Fsp3) is 0.942. The summed E-state index contributed by atoms with van der Waals surface area (Å²) in [5.74, 6) is -5.59. The molecule has 3 fully saturated rings. The van der Waals surface area contributed by atoms with Crippen LogP contribution in [0.2, 0.25) is 0 Å². The molecule has 3 rings (SSSR count). The molecule has 0 aromatic carbocycles. The minimum atomic E-state index is -4.23. The van der Waals surface area contributed by atoms with E-state index in [0.29, 0.717) is 12.8 Å². The lowest BCUT2D eigenvalue weighted by atomic mass is 9.74. The molecule has 20 heteroatoms. The Balaban J connectivity index is 0.000000887. The van der Waals surface area contributed by atoms with Crippen molar-refractivity contribution in [2.45, 2.75) is 264 Å². The molecule has 0 spiro atoms. The Kier molecular flexibility index (Phi) is 27.7. The molecule has 0 aliphatic carbocycles. The molecule has 0 radical (unpaired) electrons. The van der Waals surface area contributed by atoms with Crippen LogP contribution in [0, 0.1) is 23.7 Å². The molecular formula is C52H97NO18S. The molecule has 18 atom stereocenters. The second-order valence-electron chi connectivity index (χ2n) is 21.7. The third-order valence-corrected chi connectivity index (χ3v) is 15.5. The van der Waals surface area contributed by atoms with Crippen LogP contribution in [0.15, 0.2) is 0 Å². The first-order chi connectivity index (χ1) is 33.4. The quantitative estimate of drug-likeness (QED) is 0.0468. The van der Waals surface area contributed by atoms with Crippen molar-refractivity contribution >= 4 is 28.1 Å². The maximum Gasteiger partial charge on any atom is 0.397 e. The zero-order valence-electron chi connectivity index (χ0n) is 46.4. The normalized spacial score (nSPS) is 38.6. The molecule has 0 aromatic rings. The largest absolute Gasteiger partial charge is 0.459 e. The van der Waals surface area contributed by atoms with Gasteiger partial charge in [-0.05, 0) is 81.3 Å². The van der Waals surface area contributed by atoms with E-state index in [1.54, 1.807) is 48.5 Å². The number of likely N-dealkylation sites (N-methyl/N-ethyl adjacent to an activating group) is 1. The zero-order valence-corrected chi connectivity index (χ0v) is 47.2. The van der Waals surface area contributed by atoms with E-state index in [1.165, 1.54) is 72.8 Å². The van der Waals surface area contributed by atoms with Gasteiger partial charge < -0.3 is 58.5 Å². The summed E-state index contributed by atoms with van der Waals surface area (Å²) in [5, 5.41) is 46.6. The average molecular weight is 1060 g/mol. The van der Waals surface area contributed by atoms with Gasteiger partial charge in [0.25, 0.3) is 0 Å². The van der Waals surface area contributed by atoms with Crippen LogP contribution in [-0.4, -0.2) is 168 Å². The lowest BCUT2D eigenvalue weighted by Gasteiger charge is -2.49. The fourth-order valence-corrected chi connectivity index (χ4v) is 10.8. The molecule has 424 valence electrons. The number of methoxy groups -OCH3 is 1. The van der Waals surface area contributed by atoms with Crippen molar-refractivity contribution in [2.75, 3.05) is 27.8 Å². The number of cyclic esters (lactones) is 1. The third kappa shape index (κ3) is 19.6. The van der Waals surface area contributed by atoms with Gasteiger partial charge >= 0.3 is 22.3 Å². The van der Waals surface area contributed by atoms with Crippen molar-refractivity contribution in [3.63, 3.8) is 0 Å². The highest BCUT2D eigenvalue weighted by molar-refractivity contribution is 7.80. The number of carbonyl (C=O) groups excluding carboxylic acids is 3. The highest BCUT2D eigenvalue weighted by Gasteiger charge is 2.54. The van der Waals surface area contributed by atoms with Crippen molar-refractivity contribution in [1.29, 1.82) is 0 Å². The molecule has 0 aromatic heterocycles.